The Morgan fingerprint density at radius 3 is 2.81 bits per heavy atom. The normalized spacial score (nSPS) is 22.4. The summed E-state index contributed by atoms with van der Waals surface area (Å²) in [6, 6.07) is -0.264. The van der Waals surface area contributed by atoms with Gasteiger partial charge in [-0.15, -0.1) is 0 Å². The summed E-state index contributed by atoms with van der Waals surface area (Å²) in [5.41, 5.74) is 5.91. The van der Waals surface area contributed by atoms with Crippen molar-refractivity contribution in [1.82, 2.24) is 4.90 Å². The maximum Gasteiger partial charge on any atom is 0.239 e. The molecule has 94 valence electrons. The van der Waals surface area contributed by atoms with E-state index in [4.69, 9.17) is 5.73 Å². The number of carbonyl (C=O) groups excluding carboxylic acids is 1. The summed E-state index contributed by atoms with van der Waals surface area (Å²) in [4.78, 5) is 14.0. The lowest BCUT2D eigenvalue weighted by Gasteiger charge is -2.20. The molecule has 1 saturated heterocycles. The molecule has 0 aromatic rings. The molecule has 2 N–H and O–H groups in total. The molecule has 1 heterocycles. The van der Waals surface area contributed by atoms with E-state index in [0.29, 0.717) is 5.92 Å². The van der Waals surface area contributed by atoms with Crippen molar-refractivity contribution in [3.63, 3.8) is 0 Å². The molecule has 1 fully saturated rings. The molecular weight excluding hydrogens is 200 g/mol. The number of hydrogen-bond acceptors (Lipinski definition) is 2. The van der Waals surface area contributed by atoms with Crippen LogP contribution in [0.15, 0.2) is 0 Å². The molecule has 2 atom stereocenters. The van der Waals surface area contributed by atoms with Gasteiger partial charge in [0.15, 0.2) is 0 Å². The predicted octanol–water partition coefficient (Wildman–Crippen LogP) is 2.15. The highest BCUT2D eigenvalue weighted by Gasteiger charge is 2.28. The van der Waals surface area contributed by atoms with Crippen molar-refractivity contribution in [2.45, 2.75) is 58.4 Å². The van der Waals surface area contributed by atoms with Crippen LogP contribution in [0, 0.1) is 5.92 Å². The van der Waals surface area contributed by atoms with Crippen molar-refractivity contribution in [1.29, 1.82) is 0 Å². The van der Waals surface area contributed by atoms with Gasteiger partial charge in [0.2, 0.25) is 5.91 Å². The van der Waals surface area contributed by atoms with E-state index in [0.717, 1.165) is 32.4 Å². The second kappa shape index (κ2) is 6.89. The summed E-state index contributed by atoms with van der Waals surface area (Å²) in [6.07, 6.45) is 6.63. The molecule has 0 bridgehead atoms. The molecule has 0 spiro atoms. The zero-order valence-corrected chi connectivity index (χ0v) is 10.7. The molecule has 0 aliphatic carbocycles. The number of nitrogens with zero attached hydrogens (tertiary/aromatic N) is 1. The van der Waals surface area contributed by atoms with E-state index in [2.05, 4.69) is 13.8 Å². The van der Waals surface area contributed by atoms with Crippen molar-refractivity contribution in [3.8, 4) is 0 Å². The summed E-state index contributed by atoms with van der Waals surface area (Å²) in [6.45, 7) is 6.19. The van der Waals surface area contributed by atoms with Crippen LogP contribution in [0.3, 0.4) is 0 Å². The molecular formula is C13H26N2O. The second-order valence-corrected chi connectivity index (χ2v) is 4.98. The molecule has 1 amide bonds. The largest absolute Gasteiger partial charge is 0.341 e. The van der Waals surface area contributed by atoms with Crippen LogP contribution in [0.2, 0.25) is 0 Å². The van der Waals surface area contributed by atoms with E-state index in [-0.39, 0.29) is 11.9 Å². The van der Waals surface area contributed by atoms with Gasteiger partial charge in [0.25, 0.3) is 0 Å². The minimum Gasteiger partial charge on any atom is -0.341 e. The van der Waals surface area contributed by atoms with Gasteiger partial charge in [-0.1, -0.05) is 33.1 Å². The fourth-order valence-electron chi connectivity index (χ4n) is 2.46. The first kappa shape index (κ1) is 13.5. The number of unbranched alkanes of at least 4 members (excludes halogenated alkanes) is 1. The first-order valence-corrected chi connectivity index (χ1v) is 6.73. The lowest BCUT2D eigenvalue weighted by molar-refractivity contribution is -0.131. The van der Waals surface area contributed by atoms with Gasteiger partial charge in [-0.2, -0.15) is 0 Å². The minimum atomic E-state index is -0.264. The van der Waals surface area contributed by atoms with Gasteiger partial charge in [-0.25, -0.2) is 0 Å². The van der Waals surface area contributed by atoms with Crippen molar-refractivity contribution in [2.75, 3.05) is 13.1 Å². The number of likely N-dealkylation sites (tertiary alicyclic amines) is 1. The molecule has 0 aromatic heterocycles. The maximum absolute atomic E-state index is 12.0. The molecule has 1 aliphatic heterocycles. The zero-order valence-electron chi connectivity index (χ0n) is 10.7. The van der Waals surface area contributed by atoms with Crippen LogP contribution in [-0.4, -0.2) is 29.9 Å². The minimum absolute atomic E-state index is 0.173. The van der Waals surface area contributed by atoms with E-state index in [1.807, 2.05) is 4.90 Å². The standard InChI is InChI=1S/C13H26N2O/c1-3-5-7-12(14)13(16)15-9-8-11(10-15)6-4-2/h11-12H,3-10,14H2,1-2H3/t11?,12-/m0/s1. The number of carbonyl (C=O) groups is 1. The lowest BCUT2D eigenvalue weighted by atomic mass is 10.0. The molecule has 3 nitrogen and oxygen atoms in total. The topological polar surface area (TPSA) is 46.3 Å². The van der Waals surface area contributed by atoms with Crippen LogP contribution >= 0.6 is 0 Å². The lowest BCUT2D eigenvalue weighted by Crippen LogP contribution is -2.42. The molecule has 1 unspecified atom stereocenters. The number of rotatable bonds is 6. The summed E-state index contributed by atoms with van der Waals surface area (Å²) < 4.78 is 0. The van der Waals surface area contributed by atoms with Gasteiger partial charge in [-0.3, -0.25) is 4.79 Å². The Bertz CT molecular complexity index is 218. The Balaban J connectivity index is 2.32. The number of hydrogen-bond donors (Lipinski definition) is 1. The van der Waals surface area contributed by atoms with Crippen LogP contribution in [0.1, 0.15) is 52.4 Å². The Kier molecular flexibility index (Phi) is 5.81. The highest BCUT2D eigenvalue weighted by molar-refractivity contribution is 5.81. The van der Waals surface area contributed by atoms with Crippen molar-refractivity contribution < 1.29 is 4.79 Å². The molecule has 1 aliphatic rings. The van der Waals surface area contributed by atoms with Crippen LogP contribution in [-0.2, 0) is 4.79 Å². The molecule has 1 rings (SSSR count). The first-order chi connectivity index (χ1) is 7.69. The van der Waals surface area contributed by atoms with Crippen LogP contribution in [0.5, 0.6) is 0 Å². The third-order valence-electron chi connectivity index (χ3n) is 3.48. The average molecular weight is 226 g/mol. The fraction of sp³-hybridized carbons (Fsp3) is 0.923. The van der Waals surface area contributed by atoms with Crippen molar-refractivity contribution in [3.05, 3.63) is 0 Å². The maximum atomic E-state index is 12.0. The third kappa shape index (κ3) is 3.78. The Hall–Kier alpha value is -0.570. The van der Waals surface area contributed by atoms with E-state index in [9.17, 15) is 4.79 Å². The van der Waals surface area contributed by atoms with E-state index < -0.39 is 0 Å². The fourth-order valence-corrected chi connectivity index (χ4v) is 2.46. The zero-order chi connectivity index (χ0) is 12.0. The van der Waals surface area contributed by atoms with Crippen LogP contribution in [0.25, 0.3) is 0 Å². The van der Waals surface area contributed by atoms with E-state index >= 15 is 0 Å². The Morgan fingerprint density at radius 2 is 2.19 bits per heavy atom. The van der Waals surface area contributed by atoms with Gasteiger partial charge >= 0.3 is 0 Å². The summed E-state index contributed by atoms with van der Waals surface area (Å²) in [5.74, 6) is 0.888. The second-order valence-electron chi connectivity index (χ2n) is 4.98. The van der Waals surface area contributed by atoms with Gasteiger partial charge in [0.1, 0.15) is 0 Å². The SMILES string of the molecule is CCCC[C@H](N)C(=O)N1CCC(CCC)C1. The number of nitrogens with two attached hydrogens (primary N) is 1. The molecule has 0 radical (unpaired) electrons. The molecule has 0 aromatic carbocycles. The predicted molar refractivity (Wildman–Crippen MR) is 67.1 cm³/mol. The van der Waals surface area contributed by atoms with E-state index in [1.165, 1.54) is 19.3 Å². The van der Waals surface area contributed by atoms with Gasteiger partial charge < -0.3 is 10.6 Å². The summed E-state index contributed by atoms with van der Waals surface area (Å²) in [5, 5.41) is 0. The Labute approximate surface area is 99.4 Å². The quantitative estimate of drug-likeness (QED) is 0.754. The average Bonchev–Trinajstić information content (AvgIpc) is 2.74. The highest BCUT2D eigenvalue weighted by atomic mass is 16.2. The Morgan fingerprint density at radius 1 is 1.44 bits per heavy atom. The molecule has 0 saturated carbocycles. The summed E-state index contributed by atoms with van der Waals surface area (Å²) in [7, 11) is 0. The molecule has 3 heteroatoms. The highest BCUT2D eigenvalue weighted by Crippen LogP contribution is 2.21. The number of amides is 1. The van der Waals surface area contributed by atoms with Crippen LogP contribution < -0.4 is 5.73 Å². The van der Waals surface area contributed by atoms with E-state index in [1.54, 1.807) is 0 Å². The van der Waals surface area contributed by atoms with Gasteiger partial charge in [0.05, 0.1) is 6.04 Å². The first-order valence-electron chi connectivity index (χ1n) is 6.73. The molecule has 16 heavy (non-hydrogen) atoms. The van der Waals surface area contributed by atoms with Crippen molar-refractivity contribution >= 4 is 5.91 Å². The van der Waals surface area contributed by atoms with Gasteiger partial charge in [-0.05, 0) is 25.2 Å². The van der Waals surface area contributed by atoms with Gasteiger partial charge in [0, 0.05) is 13.1 Å². The third-order valence-corrected chi connectivity index (χ3v) is 3.48. The summed E-state index contributed by atoms with van der Waals surface area (Å²) >= 11 is 0. The smallest absolute Gasteiger partial charge is 0.239 e. The van der Waals surface area contributed by atoms with Crippen molar-refractivity contribution in [2.24, 2.45) is 11.7 Å². The van der Waals surface area contributed by atoms with Crippen LogP contribution in [0.4, 0.5) is 0 Å². The monoisotopic (exact) mass is 226 g/mol.